The Hall–Kier alpha value is 0.270. The zero-order valence-corrected chi connectivity index (χ0v) is 10.7. The van der Waals surface area contributed by atoms with Crippen LogP contribution in [0.5, 0.6) is 0 Å². The summed E-state index contributed by atoms with van der Waals surface area (Å²) in [4.78, 5) is 0. The number of hydrogen-bond acceptors (Lipinski definition) is 3. The zero-order valence-electron chi connectivity index (χ0n) is 9.84. The molecular weight excluding hydrogens is 194 g/mol. The molecule has 0 aromatic carbocycles. The number of nitrogens with one attached hydrogen (secondary N) is 1. The van der Waals surface area contributed by atoms with Crippen molar-refractivity contribution in [3.05, 3.63) is 0 Å². The number of rotatable bonds is 10. The fourth-order valence-corrected chi connectivity index (χ4v) is 2.09. The van der Waals surface area contributed by atoms with Crippen LogP contribution in [0.15, 0.2) is 0 Å². The first-order chi connectivity index (χ1) is 6.81. The number of hydrogen-bond donors (Lipinski definition) is 1. The third-order valence-corrected chi connectivity index (χ3v) is 3.13. The van der Waals surface area contributed by atoms with Crippen molar-refractivity contribution in [2.75, 3.05) is 31.8 Å². The average molecular weight is 219 g/mol. The topological polar surface area (TPSA) is 21.3 Å². The van der Waals surface area contributed by atoms with Gasteiger partial charge in [0.1, 0.15) is 0 Å². The Morgan fingerprint density at radius 2 is 2.14 bits per heavy atom. The molecule has 0 rings (SSSR count). The Morgan fingerprint density at radius 1 is 1.36 bits per heavy atom. The molecule has 0 heterocycles. The van der Waals surface area contributed by atoms with Gasteiger partial charge in [0.2, 0.25) is 0 Å². The van der Waals surface area contributed by atoms with E-state index in [4.69, 9.17) is 4.74 Å². The van der Waals surface area contributed by atoms with Crippen LogP contribution in [-0.4, -0.2) is 37.8 Å². The van der Waals surface area contributed by atoms with Crippen molar-refractivity contribution in [3.8, 4) is 0 Å². The smallest absolute Gasteiger partial charge is 0.0552 e. The van der Waals surface area contributed by atoms with Crippen molar-refractivity contribution in [2.45, 2.75) is 39.2 Å². The Kier molecular flexibility index (Phi) is 11.6. The molecule has 0 fully saturated rings. The molecule has 0 radical (unpaired) electrons. The Labute approximate surface area is 93.2 Å². The highest BCUT2D eigenvalue weighted by atomic mass is 32.2. The maximum atomic E-state index is 4.99. The highest BCUT2D eigenvalue weighted by molar-refractivity contribution is 7.99. The fraction of sp³-hybridized carbons (Fsp3) is 1.00. The van der Waals surface area contributed by atoms with E-state index >= 15 is 0 Å². The summed E-state index contributed by atoms with van der Waals surface area (Å²) in [7, 11) is 1.76. The van der Waals surface area contributed by atoms with Crippen LogP contribution in [-0.2, 0) is 4.74 Å². The van der Waals surface area contributed by atoms with Gasteiger partial charge >= 0.3 is 0 Å². The van der Waals surface area contributed by atoms with Crippen molar-refractivity contribution in [3.63, 3.8) is 0 Å². The van der Waals surface area contributed by atoms with Crippen molar-refractivity contribution in [2.24, 2.45) is 0 Å². The highest BCUT2D eigenvalue weighted by Gasteiger charge is 1.99. The molecule has 14 heavy (non-hydrogen) atoms. The molecule has 0 saturated heterocycles. The highest BCUT2D eigenvalue weighted by Crippen LogP contribution is 2.06. The van der Waals surface area contributed by atoms with E-state index in [1.807, 2.05) is 11.8 Å². The second kappa shape index (κ2) is 11.3. The number of thioether (sulfide) groups is 1. The molecule has 0 bridgehead atoms. The van der Waals surface area contributed by atoms with Gasteiger partial charge < -0.3 is 10.1 Å². The van der Waals surface area contributed by atoms with E-state index in [0.29, 0.717) is 6.04 Å². The Morgan fingerprint density at radius 3 is 2.79 bits per heavy atom. The van der Waals surface area contributed by atoms with E-state index in [2.05, 4.69) is 19.2 Å². The van der Waals surface area contributed by atoms with E-state index in [-0.39, 0.29) is 0 Å². The predicted molar refractivity (Wildman–Crippen MR) is 66.2 cm³/mol. The maximum Gasteiger partial charge on any atom is 0.0552 e. The van der Waals surface area contributed by atoms with Gasteiger partial charge in [-0.15, -0.1) is 0 Å². The molecule has 0 aromatic rings. The Balaban J connectivity index is 3.02. The fourth-order valence-electron chi connectivity index (χ4n) is 1.23. The van der Waals surface area contributed by atoms with Crippen LogP contribution in [0.4, 0.5) is 0 Å². The van der Waals surface area contributed by atoms with Gasteiger partial charge in [-0.05, 0) is 38.5 Å². The lowest BCUT2D eigenvalue weighted by molar-refractivity contribution is 0.218. The molecule has 86 valence electrons. The van der Waals surface area contributed by atoms with E-state index in [1.54, 1.807) is 7.11 Å². The molecule has 1 atom stereocenters. The minimum absolute atomic E-state index is 0.679. The van der Waals surface area contributed by atoms with Crippen LogP contribution < -0.4 is 5.32 Å². The van der Waals surface area contributed by atoms with E-state index < -0.39 is 0 Å². The largest absolute Gasteiger partial charge is 0.384 e. The summed E-state index contributed by atoms with van der Waals surface area (Å²) in [6.45, 7) is 6.52. The molecule has 0 amide bonds. The van der Waals surface area contributed by atoms with Gasteiger partial charge in [0, 0.05) is 18.9 Å². The minimum Gasteiger partial charge on any atom is -0.384 e. The van der Waals surface area contributed by atoms with Gasteiger partial charge in [0.25, 0.3) is 0 Å². The average Bonchev–Trinajstić information content (AvgIpc) is 2.20. The SMILES string of the molecule is CCCNC(C)CCCSCCOC. The first-order valence-electron chi connectivity index (χ1n) is 5.61. The van der Waals surface area contributed by atoms with Crippen LogP contribution in [0.25, 0.3) is 0 Å². The molecule has 0 spiro atoms. The van der Waals surface area contributed by atoms with Crippen LogP contribution in [0.3, 0.4) is 0 Å². The van der Waals surface area contributed by atoms with Gasteiger partial charge in [0.15, 0.2) is 0 Å². The van der Waals surface area contributed by atoms with Gasteiger partial charge in [-0.2, -0.15) is 11.8 Å². The summed E-state index contributed by atoms with van der Waals surface area (Å²) in [6.07, 6.45) is 3.83. The summed E-state index contributed by atoms with van der Waals surface area (Å²) in [6, 6.07) is 0.679. The predicted octanol–water partition coefficient (Wildman–Crippen LogP) is 2.53. The molecule has 0 aliphatic carbocycles. The van der Waals surface area contributed by atoms with E-state index in [0.717, 1.165) is 18.9 Å². The number of ether oxygens (including phenoxy) is 1. The summed E-state index contributed by atoms with van der Waals surface area (Å²) >= 11 is 1.99. The Bertz CT molecular complexity index is 111. The third-order valence-electron chi connectivity index (χ3n) is 2.10. The zero-order chi connectivity index (χ0) is 10.6. The summed E-state index contributed by atoms with van der Waals surface area (Å²) in [5, 5.41) is 3.50. The molecule has 0 aromatic heterocycles. The van der Waals surface area contributed by atoms with Crippen molar-refractivity contribution < 1.29 is 4.74 Å². The number of methoxy groups -OCH3 is 1. The maximum absolute atomic E-state index is 4.99. The van der Waals surface area contributed by atoms with Gasteiger partial charge in [0.05, 0.1) is 6.61 Å². The standard InChI is InChI=1S/C11H25NOS/c1-4-7-12-11(2)6-5-9-14-10-8-13-3/h11-12H,4-10H2,1-3H3. The van der Waals surface area contributed by atoms with Gasteiger partial charge in [-0.1, -0.05) is 6.92 Å². The lowest BCUT2D eigenvalue weighted by atomic mass is 10.2. The molecule has 0 saturated carbocycles. The molecule has 1 unspecified atom stereocenters. The normalized spacial score (nSPS) is 13.1. The second-order valence-corrected chi connectivity index (χ2v) is 4.83. The lowest BCUT2D eigenvalue weighted by Gasteiger charge is -2.12. The molecule has 1 N–H and O–H groups in total. The third kappa shape index (κ3) is 10.4. The van der Waals surface area contributed by atoms with Crippen molar-refractivity contribution in [1.82, 2.24) is 5.32 Å². The van der Waals surface area contributed by atoms with Crippen LogP contribution in [0, 0.1) is 0 Å². The van der Waals surface area contributed by atoms with E-state index in [1.165, 1.54) is 25.0 Å². The molecule has 0 aliphatic rings. The van der Waals surface area contributed by atoms with Gasteiger partial charge in [-0.3, -0.25) is 0 Å². The molecule has 3 heteroatoms. The van der Waals surface area contributed by atoms with Crippen LogP contribution >= 0.6 is 11.8 Å². The van der Waals surface area contributed by atoms with Gasteiger partial charge in [-0.25, -0.2) is 0 Å². The van der Waals surface area contributed by atoms with E-state index in [9.17, 15) is 0 Å². The summed E-state index contributed by atoms with van der Waals surface area (Å²) < 4.78 is 4.99. The minimum atomic E-state index is 0.679. The van der Waals surface area contributed by atoms with Crippen LogP contribution in [0.2, 0.25) is 0 Å². The lowest BCUT2D eigenvalue weighted by Crippen LogP contribution is -2.26. The summed E-state index contributed by atoms with van der Waals surface area (Å²) in [5.74, 6) is 2.40. The first-order valence-corrected chi connectivity index (χ1v) is 6.76. The molecule has 0 aliphatic heterocycles. The molecular formula is C11H25NOS. The van der Waals surface area contributed by atoms with Crippen LogP contribution in [0.1, 0.15) is 33.1 Å². The van der Waals surface area contributed by atoms with Crippen molar-refractivity contribution >= 4 is 11.8 Å². The quantitative estimate of drug-likeness (QED) is 0.571. The monoisotopic (exact) mass is 219 g/mol. The summed E-state index contributed by atoms with van der Waals surface area (Å²) in [5.41, 5.74) is 0. The second-order valence-electron chi connectivity index (χ2n) is 3.60. The van der Waals surface area contributed by atoms with Crippen molar-refractivity contribution in [1.29, 1.82) is 0 Å². The first kappa shape index (κ1) is 14.3. The molecule has 2 nitrogen and oxygen atoms in total.